The Balaban J connectivity index is 2.06. The SMILES string of the molecule is NCCS(=O)(=O)NCCc1cccc2cccnc12. The quantitative estimate of drug-likeness (QED) is 0.813. The van der Waals surface area contributed by atoms with Crippen molar-refractivity contribution < 1.29 is 8.42 Å². The molecule has 0 atom stereocenters. The number of hydrogen-bond acceptors (Lipinski definition) is 4. The highest BCUT2D eigenvalue weighted by atomic mass is 32.2. The Morgan fingerprint density at radius 2 is 2.00 bits per heavy atom. The molecule has 102 valence electrons. The standard InChI is InChI=1S/C13H17N3O2S/c14-7-10-19(17,18)16-9-6-12-4-1-3-11-5-2-8-15-13(11)12/h1-5,8,16H,6-7,9-10,14H2. The van der Waals surface area contributed by atoms with Crippen molar-refractivity contribution >= 4 is 20.9 Å². The van der Waals surface area contributed by atoms with Crippen LogP contribution in [0.15, 0.2) is 36.5 Å². The van der Waals surface area contributed by atoms with Gasteiger partial charge in [-0.15, -0.1) is 0 Å². The number of fused-ring (bicyclic) bond motifs is 1. The summed E-state index contributed by atoms with van der Waals surface area (Å²) in [4.78, 5) is 4.34. The summed E-state index contributed by atoms with van der Waals surface area (Å²) in [6, 6.07) is 9.78. The molecule has 0 aliphatic rings. The predicted octanol–water partition coefficient (Wildman–Crippen LogP) is 0.655. The van der Waals surface area contributed by atoms with Gasteiger partial charge in [0.25, 0.3) is 0 Å². The number of nitrogens with one attached hydrogen (secondary N) is 1. The number of benzene rings is 1. The van der Waals surface area contributed by atoms with E-state index >= 15 is 0 Å². The van der Waals surface area contributed by atoms with Gasteiger partial charge in [0, 0.05) is 24.7 Å². The number of sulfonamides is 1. The summed E-state index contributed by atoms with van der Waals surface area (Å²) in [6.07, 6.45) is 2.35. The summed E-state index contributed by atoms with van der Waals surface area (Å²) < 4.78 is 25.5. The number of nitrogens with two attached hydrogens (primary N) is 1. The van der Waals surface area contributed by atoms with Gasteiger partial charge in [0.05, 0.1) is 11.3 Å². The molecule has 0 amide bonds. The average Bonchev–Trinajstić information content (AvgIpc) is 2.39. The second-order valence-electron chi connectivity index (χ2n) is 4.24. The van der Waals surface area contributed by atoms with Crippen LogP contribution in [0.3, 0.4) is 0 Å². The molecule has 0 fully saturated rings. The number of pyridine rings is 1. The van der Waals surface area contributed by atoms with E-state index in [-0.39, 0.29) is 12.3 Å². The Labute approximate surface area is 112 Å². The molecule has 0 saturated carbocycles. The maximum atomic E-state index is 11.5. The molecule has 0 bridgehead atoms. The lowest BCUT2D eigenvalue weighted by molar-refractivity contribution is 0.581. The first-order chi connectivity index (χ1) is 9.12. The molecule has 0 radical (unpaired) electrons. The third-order valence-electron chi connectivity index (χ3n) is 2.82. The maximum Gasteiger partial charge on any atom is 0.212 e. The number of rotatable bonds is 6. The molecule has 5 nitrogen and oxygen atoms in total. The zero-order chi connectivity index (χ0) is 13.7. The van der Waals surface area contributed by atoms with E-state index in [9.17, 15) is 8.42 Å². The van der Waals surface area contributed by atoms with Crippen LogP contribution in [-0.4, -0.2) is 32.2 Å². The minimum absolute atomic E-state index is 0.0409. The monoisotopic (exact) mass is 279 g/mol. The van der Waals surface area contributed by atoms with Crippen LogP contribution in [0, 0.1) is 0 Å². The minimum Gasteiger partial charge on any atom is -0.329 e. The highest BCUT2D eigenvalue weighted by Gasteiger charge is 2.08. The van der Waals surface area contributed by atoms with Crippen molar-refractivity contribution in [2.45, 2.75) is 6.42 Å². The fraction of sp³-hybridized carbons (Fsp3) is 0.308. The summed E-state index contributed by atoms with van der Waals surface area (Å²) in [5.74, 6) is -0.0409. The Kier molecular flexibility index (Phi) is 4.47. The summed E-state index contributed by atoms with van der Waals surface area (Å²) in [6.45, 7) is 0.489. The van der Waals surface area contributed by atoms with Crippen LogP contribution in [0.25, 0.3) is 10.9 Å². The van der Waals surface area contributed by atoms with E-state index in [2.05, 4.69) is 9.71 Å². The summed E-state index contributed by atoms with van der Waals surface area (Å²) in [5.41, 5.74) is 7.20. The van der Waals surface area contributed by atoms with Crippen LogP contribution in [-0.2, 0) is 16.4 Å². The van der Waals surface area contributed by atoms with Crippen LogP contribution in [0.1, 0.15) is 5.56 Å². The van der Waals surface area contributed by atoms with Crippen LogP contribution in [0.5, 0.6) is 0 Å². The van der Waals surface area contributed by atoms with Crippen molar-refractivity contribution in [1.29, 1.82) is 0 Å². The molecule has 0 spiro atoms. The molecular weight excluding hydrogens is 262 g/mol. The van der Waals surface area contributed by atoms with Crippen LogP contribution < -0.4 is 10.5 Å². The van der Waals surface area contributed by atoms with Crippen LogP contribution >= 0.6 is 0 Å². The molecule has 0 saturated heterocycles. The Bertz CT molecular complexity index is 650. The molecule has 3 N–H and O–H groups in total. The van der Waals surface area contributed by atoms with Crippen molar-refractivity contribution in [2.24, 2.45) is 5.73 Å². The number of hydrogen-bond donors (Lipinski definition) is 2. The van der Waals surface area contributed by atoms with E-state index in [1.165, 1.54) is 0 Å². The van der Waals surface area contributed by atoms with Crippen molar-refractivity contribution in [1.82, 2.24) is 9.71 Å². The Hall–Kier alpha value is -1.50. The molecule has 0 aliphatic heterocycles. The van der Waals surface area contributed by atoms with E-state index in [0.717, 1.165) is 16.5 Å². The first-order valence-electron chi connectivity index (χ1n) is 6.12. The van der Waals surface area contributed by atoms with E-state index < -0.39 is 10.0 Å². The summed E-state index contributed by atoms with van der Waals surface area (Å²) >= 11 is 0. The highest BCUT2D eigenvalue weighted by Crippen LogP contribution is 2.15. The summed E-state index contributed by atoms with van der Waals surface area (Å²) in [7, 11) is -3.25. The van der Waals surface area contributed by atoms with Gasteiger partial charge in [-0.2, -0.15) is 0 Å². The number of para-hydroxylation sites is 1. The zero-order valence-corrected chi connectivity index (χ0v) is 11.4. The Morgan fingerprint density at radius 3 is 2.79 bits per heavy atom. The lowest BCUT2D eigenvalue weighted by Crippen LogP contribution is -2.31. The average molecular weight is 279 g/mol. The molecule has 1 aromatic carbocycles. The number of aromatic nitrogens is 1. The topological polar surface area (TPSA) is 85.1 Å². The maximum absolute atomic E-state index is 11.5. The first-order valence-corrected chi connectivity index (χ1v) is 7.77. The molecule has 19 heavy (non-hydrogen) atoms. The van der Waals surface area contributed by atoms with Gasteiger partial charge >= 0.3 is 0 Å². The normalized spacial score (nSPS) is 11.8. The van der Waals surface area contributed by atoms with Gasteiger partial charge in [-0.25, -0.2) is 13.1 Å². The lowest BCUT2D eigenvalue weighted by atomic mass is 10.1. The second kappa shape index (κ2) is 6.10. The molecular formula is C13H17N3O2S. The van der Waals surface area contributed by atoms with Crippen LogP contribution in [0.4, 0.5) is 0 Å². The molecule has 6 heteroatoms. The zero-order valence-electron chi connectivity index (χ0n) is 10.5. The lowest BCUT2D eigenvalue weighted by Gasteiger charge is -2.07. The van der Waals surface area contributed by atoms with Crippen molar-refractivity contribution in [3.63, 3.8) is 0 Å². The van der Waals surface area contributed by atoms with E-state index in [1.807, 2.05) is 30.3 Å². The van der Waals surface area contributed by atoms with E-state index in [0.29, 0.717) is 13.0 Å². The molecule has 0 aliphatic carbocycles. The molecule has 2 rings (SSSR count). The first kappa shape index (κ1) is 13.9. The van der Waals surface area contributed by atoms with Gasteiger partial charge in [-0.05, 0) is 18.1 Å². The summed E-state index contributed by atoms with van der Waals surface area (Å²) in [5, 5.41) is 1.06. The van der Waals surface area contributed by atoms with Crippen molar-refractivity contribution in [2.75, 3.05) is 18.8 Å². The van der Waals surface area contributed by atoms with Gasteiger partial charge < -0.3 is 5.73 Å². The van der Waals surface area contributed by atoms with Gasteiger partial charge in [0.15, 0.2) is 0 Å². The minimum atomic E-state index is -3.25. The van der Waals surface area contributed by atoms with E-state index in [1.54, 1.807) is 6.20 Å². The van der Waals surface area contributed by atoms with Gasteiger partial charge in [0.2, 0.25) is 10.0 Å². The Morgan fingerprint density at radius 1 is 1.21 bits per heavy atom. The van der Waals surface area contributed by atoms with Crippen molar-refractivity contribution in [3.8, 4) is 0 Å². The highest BCUT2D eigenvalue weighted by molar-refractivity contribution is 7.89. The molecule has 2 aromatic rings. The van der Waals surface area contributed by atoms with Crippen LogP contribution in [0.2, 0.25) is 0 Å². The predicted molar refractivity (Wildman–Crippen MR) is 76.3 cm³/mol. The fourth-order valence-corrected chi connectivity index (χ4v) is 2.81. The van der Waals surface area contributed by atoms with E-state index in [4.69, 9.17) is 5.73 Å². The van der Waals surface area contributed by atoms with Gasteiger partial charge in [-0.3, -0.25) is 4.98 Å². The van der Waals surface area contributed by atoms with Gasteiger partial charge in [-0.1, -0.05) is 24.3 Å². The van der Waals surface area contributed by atoms with Crippen molar-refractivity contribution in [3.05, 3.63) is 42.1 Å². The fourth-order valence-electron chi connectivity index (χ4n) is 1.94. The molecule has 0 unspecified atom stereocenters. The molecule has 1 aromatic heterocycles. The number of nitrogens with zero attached hydrogens (tertiary/aromatic N) is 1. The second-order valence-corrected chi connectivity index (χ2v) is 6.17. The largest absolute Gasteiger partial charge is 0.329 e. The third kappa shape index (κ3) is 3.73. The smallest absolute Gasteiger partial charge is 0.212 e. The third-order valence-corrected chi connectivity index (χ3v) is 4.24. The van der Waals surface area contributed by atoms with Gasteiger partial charge in [0.1, 0.15) is 0 Å². The molecule has 1 heterocycles.